The van der Waals surface area contributed by atoms with Crippen molar-refractivity contribution in [2.24, 2.45) is 0 Å². The van der Waals surface area contributed by atoms with E-state index in [1.54, 1.807) is 0 Å². The fraction of sp³-hybridized carbons (Fsp3) is 0.455. The highest BCUT2D eigenvalue weighted by Gasteiger charge is 2.26. The van der Waals surface area contributed by atoms with Gasteiger partial charge >= 0.3 is 0 Å². The van der Waals surface area contributed by atoms with Gasteiger partial charge < -0.3 is 14.6 Å². The molecule has 1 aromatic rings. The fourth-order valence-electron chi connectivity index (χ4n) is 1.78. The van der Waals surface area contributed by atoms with Crippen LogP contribution in [0.5, 0.6) is 0 Å². The van der Waals surface area contributed by atoms with Gasteiger partial charge in [-0.1, -0.05) is 0 Å². The molecule has 88 valence electrons. The maximum atomic E-state index is 13.5. The Kier molecular flexibility index (Phi) is 3.18. The third-order valence-corrected chi connectivity index (χ3v) is 2.42. The first kappa shape index (κ1) is 11.4. The van der Waals surface area contributed by atoms with E-state index in [0.29, 0.717) is 13.2 Å². The van der Waals surface area contributed by atoms with Gasteiger partial charge in [0.1, 0.15) is 11.6 Å². The van der Waals surface area contributed by atoms with Gasteiger partial charge in [0, 0.05) is 17.2 Å². The molecule has 1 aliphatic heterocycles. The fourth-order valence-corrected chi connectivity index (χ4v) is 1.78. The second-order valence-corrected chi connectivity index (χ2v) is 3.64. The van der Waals surface area contributed by atoms with E-state index in [-0.39, 0.29) is 11.1 Å². The van der Waals surface area contributed by atoms with Crippen LogP contribution in [0, 0.1) is 11.6 Å². The number of aliphatic hydroxyl groups excluding tert-OH is 1. The summed E-state index contributed by atoms with van der Waals surface area (Å²) in [6.45, 7) is 2.17. The summed E-state index contributed by atoms with van der Waals surface area (Å²) in [5.74, 6) is -1.50. The molecular formula is C11H12F2O3. The first-order valence-electron chi connectivity index (χ1n) is 4.99. The molecule has 1 unspecified atom stereocenters. The van der Waals surface area contributed by atoms with Crippen molar-refractivity contribution in [2.75, 3.05) is 13.2 Å². The summed E-state index contributed by atoms with van der Waals surface area (Å²) in [5.41, 5.74) is 0.235. The first-order valence-corrected chi connectivity index (χ1v) is 4.99. The van der Waals surface area contributed by atoms with Crippen LogP contribution < -0.4 is 0 Å². The number of halogens is 2. The molecule has 5 heteroatoms. The standard InChI is InChI=1S/C11H12F2O3/c1-6(14)10-8(11-15-2-3-16-11)4-7(12)5-9(10)13/h4-6,11,14H,2-3H2,1H3. The van der Waals surface area contributed by atoms with Crippen molar-refractivity contribution < 1.29 is 23.4 Å². The van der Waals surface area contributed by atoms with Crippen molar-refractivity contribution in [2.45, 2.75) is 19.3 Å². The van der Waals surface area contributed by atoms with Crippen LogP contribution in [0.1, 0.15) is 30.4 Å². The SMILES string of the molecule is CC(O)c1c(F)cc(F)cc1C1OCCO1. The molecule has 1 fully saturated rings. The van der Waals surface area contributed by atoms with E-state index in [2.05, 4.69) is 0 Å². The molecule has 2 rings (SSSR count). The Morgan fingerprint density at radius 3 is 2.50 bits per heavy atom. The Morgan fingerprint density at radius 2 is 1.94 bits per heavy atom. The summed E-state index contributed by atoms with van der Waals surface area (Å²) in [7, 11) is 0. The van der Waals surface area contributed by atoms with E-state index in [0.717, 1.165) is 12.1 Å². The van der Waals surface area contributed by atoms with Gasteiger partial charge in [0.05, 0.1) is 19.3 Å². The minimum absolute atomic E-state index is 0.0216. The van der Waals surface area contributed by atoms with Crippen LogP contribution in [0.25, 0.3) is 0 Å². The summed E-state index contributed by atoms with van der Waals surface area (Å²) in [6, 6.07) is 1.86. The molecule has 0 spiro atoms. The molecule has 1 aliphatic rings. The summed E-state index contributed by atoms with van der Waals surface area (Å²) in [5, 5.41) is 9.46. The zero-order valence-corrected chi connectivity index (χ0v) is 8.74. The third kappa shape index (κ3) is 2.07. The second kappa shape index (κ2) is 4.45. The van der Waals surface area contributed by atoms with Crippen LogP contribution in [-0.2, 0) is 9.47 Å². The number of benzene rings is 1. The Bertz CT molecular complexity index is 387. The first-order chi connectivity index (χ1) is 7.59. The van der Waals surface area contributed by atoms with E-state index >= 15 is 0 Å². The number of hydrogen-bond donors (Lipinski definition) is 1. The van der Waals surface area contributed by atoms with Crippen LogP contribution in [-0.4, -0.2) is 18.3 Å². The quantitative estimate of drug-likeness (QED) is 0.845. The third-order valence-electron chi connectivity index (χ3n) is 2.42. The van der Waals surface area contributed by atoms with Crippen LogP contribution in [0.2, 0.25) is 0 Å². The largest absolute Gasteiger partial charge is 0.389 e. The highest BCUT2D eigenvalue weighted by Crippen LogP contribution is 2.32. The van der Waals surface area contributed by atoms with Crippen molar-refractivity contribution in [1.29, 1.82) is 0 Å². The number of hydrogen-bond acceptors (Lipinski definition) is 3. The topological polar surface area (TPSA) is 38.7 Å². The zero-order valence-electron chi connectivity index (χ0n) is 8.74. The molecule has 1 heterocycles. The second-order valence-electron chi connectivity index (χ2n) is 3.64. The monoisotopic (exact) mass is 230 g/mol. The van der Waals surface area contributed by atoms with E-state index in [4.69, 9.17) is 9.47 Å². The lowest BCUT2D eigenvalue weighted by atomic mass is 10.0. The van der Waals surface area contributed by atoms with Crippen molar-refractivity contribution >= 4 is 0 Å². The highest BCUT2D eigenvalue weighted by atomic mass is 19.1. The Hall–Kier alpha value is -1.04. The van der Waals surface area contributed by atoms with Crippen LogP contribution >= 0.6 is 0 Å². The molecule has 0 saturated carbocycles. The van der Waals surface area contributed by atoms with Gasteiger partial charge in [-0.25, -0.2) is 8.78 Å². The predicted molar refractivity (Wildman–Crippen MR) is 51.6 cm³/mol. The van der Waals surface area contributed by atoms with Gasteiger partial charge in [0.2, 0.25) is 0 Å². The Morgan fingerprint density at radius 1 is 1.31 bits per heavy atom. The zero-order chi connectivity index (χ0) is 11.7. The smallest absolute Gasteiger partial charge is 0.184 e. The Labute approximate surface area is 91.6 Å². The molecule has 0 amide bonds. The molecule has 0 aliphatic carbocycles. The van der Waals surface area contributed by atoms with Gasteiger partial charge in [-0.2, -0.15) is 0 Å². The number of rotatable bonds is 2. The minimum Gasteiger partial charge on any atom is -0.389 e. The van der Waals surface area contributed by atoms with Crippen LogP contribution in [0.4, 0.5) is 8.78 Å². The van der Waals surface area contributed by atoms with Gasteiger partial charge in [-0.3, -0.25) is 0 Å². The molecule has 16 heavy (non-hydrogen) atoms. The summed E-state index contributed by atoms with van der Waals surface area (Å²) >= 11 is 0. The van der Waals surface area contributed by atoms with Crippen LogP contribution in [0.3, 0.4) is 0 Å². The molecule has 1 aromatic carbocycles. The van der Waals surface area contributed by atoms with E-state index in [1.807, 2.05) is 0 Å². The van der Waals surface area contributed by atoms with Crippen molar-refractivity contribution in [3.8, 4) is 0 Å². The normalized spacial score (nSPS) is 19.0. The molecule has 1 saturated heterocycles. The summed E-state index contributed by atoms with van der Waals surface area (Å²) < 4.78 is 36.9. The van der Waals surface area contributed by atoms with Gasteiger partial charge in [0.25, 0.3) is 0 Å². The molecular weight excluding hydrogens is 218 g/mol. The summed E-state index contributed by atoms with van der Waals surface area (Å²) in [6.07, 6.45) is -1.84. The number of aliphatic hydroxyl groups is 1. The van der Waals surface area contributed by atoms with Crippen molar-refractivity contribution in [3.05, 3.63) is 34.9 Å². The molecule has 1 atom stereocenters. The average molecular weight is 230 g/mol. The van der Waals surface area contributed by atoms with Crippen molar-refractivity contribution in [3.63, 3.8) is 0 Å². The van der Waals surface area contributed by atoms with Gasteiger partial charge in [0.15, 0.2) is 6.29 Å². The summed E-state index contributed by atoms with van der Waals surface area (Å²) in [4.78, 5) is 0. The molecule has 1 N–H and O–H groups in total. The highest BCUT2D eigenvalue weighted by molar-refractivity contribution is 5.32. The average Bonchev–Trinajstić information content (AvgIpc) is 2.67. The van der Waals surface area contributed by atoms with Crippen molar-refractivity contribution in [1.82, 2.24) is 0 Å². The van der Waals surface area contributed by atoms with Crippen LogP contribution in [0.15, 0.2) is 12.1 Å². The number of ether oxygens (including phenoxy) is 2. The molecule has 3 nitrogen and oxygen atoms in total. The Balaban J connectivity index is 2.47. The maximum Gasteiger partial charge on any atom is 0.184 e. The lowest BCUT2D eigenvalue weighted by Crippen LogP contribution is -2.09. The molecule has 0 radical (unpaired) electrons. The van der Waals surface area contributed by atoms with E-state index < -0.39 is 24.0 Å². The molecule has 0 bridgehead atoms. The molecule has 0 aromatic heterocycles. The lowest BCUT2D eigenvalue weighted by molar-refractivity contribution is -0.0464. The van der Waals surface area contributed by atoms with E-state index in [1.165, 1.54) is 6.92 Å². The van der Waals surface area contributed by atoms with E-state index in [9.17, 15) is 13.9 Å². The minimum atomic E-state index is -1.04. The van der Waals surface area contributed by atoms with Gasteiger partial charge in [-0.05, 0) is 13.0 Å². The maximum absolute atomic E-state index is 13.5. The predicted octanol–water partition coefficient (Wildman–Crippen LogP) is 2.06. The lowest BCUT2D eigenvalue weighted by Gasteiger charge is -2.17. The van der Waals surface area contributed by atoms with Gasteiger partial charge in [-0.15, -0.1) is 0 Å².